The summed E-state index contributed by atoms with van der Waals surface area (Å²) in [4.78, 5) is 23.7. The molecule has 0 saturated carbocycles. The fraction of sp³-hybridized carbons (Fsp3) is 0.462. The van der Waals surface area contributed by atoms with E-state index in [2.05, 4.69) is 24.9 Å². The number of Topliss-reactive ketones (excluding diaryl/α,β-unsaturated/α-hetero) is 1. The van der Waals surface area contributed by atoms with Gasteiger partial charge in [-0.05, 0) is 56.2 Å². The zero-order chi connectivity index (χ0) is 24.4. The van der Waals surface area contributed by atoms with E-state index in [4.69, 9.17) is 5.11 Å². The van der Waals surface area contributed by atoms with Crippen LogP contribution in [0.1, 0.15) is 75.3 Å². The number of hydrogen-bond acceptors (Lipinski definition) is 3. The molecule has 0 bridgehead atoms. The Hall–Kier alpha value is -2.83. The molecule has 0 aliphatic carbocycles. The molecule has 180 valence electrons. The summed E-state index contributed by atoms with van der Waals surface area (Å²) in [6, 6.07) is 4.58. The van der Waals surface area contributed by atoms with Crippen molar-refractivity contribution in [2.45, 2.75) is 70.4 Å². The van der Waals surface area contributed by atoms with E-state index in [0.29, 0.717) is 6.42 Å². The molecule has 1 aliphatic rings. The van der Waals surface area contributed by atoms with Crippen molar-refractivity contribution in [2.24, 2.45) is 0 Å². The number of carboxylic acids is 1. The molecule has 4 nitrogen and oxygen atoms in total. The number of unbranched alkanes of at least 4 members (excludes halogenated alkanes) is 1. The molecule has 0 fully saturated rings. The van der Waals surface area contributed by atoms with E-state index < -0.39 is 30.0 Å². The average Bonchev–Trinajstić information content (AvgIpc) is 2.75. The van der Waals surface area contributed by atoms with Gasteiger partial charge in [-0.15, -0.1) is 0 Å². The first-order valence-electron chi connectivity index (χ1n) is 11.3. The van der Waals surface area contributed by atoms with E-state index in [1.807, 2.05) is 6.08 Å². The van der Waals surface area contributed by atoms with Crippen LogP contribution in [-0.2, 0) is 15.8 Å². The van der Waals surface area contributed by atoms with Crippen LogP contribution in [0.15, 0.2) is 59.8 Å². The second kappa shape index (κ2) is 12.4. The minimum atomic E-state index is -4.52. The number of carbonyl (C=O) groups is 2. The van der Waals surface area contributed by atoms with Crippen LogP contribution in [0.5, 0.6) is 0 Å². The van der Waals surface area contributed by atoms with Gasteiger partial charge in [0, 0.05) is 31.0 Å². The SMILES string of the molecule is C=C(/C=C\C1=C(C)NCCC1)CCCCC(=O)C[C@@H](CC(=O)O)c1cccc(C(F)(F)F)c1. The molecule has 0 amide bonds. The number of carboxylic acid groups (broad SMARTS) is 1. The molecule has 0 saturated heterocycles. The number of carbonyl (C=O) groups excluding carboxylic acids is 1. The maximum absolute atomic E-state index is 13.0. The van der Waals surface area contributed by atoms with Crippen molar-refractivity contribution in [1.82, 2.24) is 5.32 Å². The van der Waals surface area contributed by atoms with Crippen molar-refractivity contribution in [2.75, 3.05) is 6.54 Å². The third kappa shape index (κ3) is 9.28. The molecular formula is C26H32F3NO3. The van der Waals surface area contributed by atoms with Crippen LogP contribution < -0.4 is 5.32 Å². The fourth-order valence-electron chi connectivity index (χ4n) is 3.90. The number of halogens is 3. The lowest BCUT2D eigenvalue weighted by Crippen LogP contribution is -2.19. The van der Waals surface area contributed by atoms with Crippen LogP contribution in [0.25, 0.3) is 0 Å². The van der Waals surface area contributed by atoms with Crippen molar-refractivity contribution in [1.29, 1.82) is 0 Å². The minimum absolute atomic E-state index is 0.0884. The molecule has 0 aromatic heterocycles. The highest BCUT2D eigenvalue weighted by Gasteiger charge is 2.31. The molecule has 0 spiro atoms. The van der Waals surface area contributed by atoms with Crippen molar-refractivity contribution < 1.29 is 27.9 Å². The molecule has 0 unspecified atom stereocenters. The smallest absolute Gasteiger partial charge is 0.416 e. The number of aliphatic carboxylic acids is 1. The van der Waals surface area contributed by atoms with Gasteiger partial charge in [0.05, 0.1) is 12.0 Å². The van der Waals surface area contributed by atoms with Crippen LogP contribution in [0.3, 0.4) is 0 Å². The number of benzene rings is 1. The third-order valence-electron chi connectivity index (χ3n) is 5.80. The molecule has 1 aromatic carbocycles. The Morgan fingerprint density at radius 3 is 2.61 bits per heavy atom. The first-order chi connectivity index (χ1) is 15.6. The van der Waals surface area contributed by atoms with Crippen LogP contribution in [0.2, 0.25) is 0 Å². The molecule has 1 atom stereocenters. The van der Waals surface area contributed by atoms with Gasteiger partial charge >= 0.3 is 12.1 Å². The van der Waals surface area contributed by atoms with Gasteiger partial charge in [0.1, 0.15) is 5.78 Å². The lowest BCUT2D eigenvalue weighted by molar-refractivity contribution is -0.138. The maximum Gasteiger partial charge on any atom is 0.416 e. The lowest BCUT2D eigenvalue weighted by atomic mass is 9.88. The van der Waals surface area contributed by atoms with Gasteiger partial charge in [-0.2, -0.15) is 13.2 Å². The van der Waals surface area contributed by atoms with Gasteiger partial charge in [-0.25, -0.2) is 0 Å². The molecule has 0 radical (unpaired) electrons. The highest BCUT2D eigenvalue weighted by Crippen LogP contribution is 2.33. The standard InChI is InChI=1S/C26H32F3NO3/c1-18(12-13-20-9-6-14-30-19(20)2)7-3-4-11-24(31)16-22(17-25(32)33)21-8-5-10-23(15-21)26(27,28)29/h5,8,10,12-13,15,22,30H,1,3-4,6-7,9,11,14,16-17H2,2H3,(H,32,33)/b13-12-/t22-/m0/s1. The summed E-state index contributed by atoms with van der Waals surface area (Å²) >= 11 is 0. The lowest BCUT2D eigenvalue weighted by Gasteiger charge is -2.17. The minimum Gasteiger partial charge on any atom is -0.481 e. The molecule has 33 heavy (non-hydrogen) atoms. The third-order valence-corrected chi connectivity index (χ3v) is 5.80. The summed E-state index contributed by atoms with van der Waals surface area (Å²) in [7, 11) is 0. The second-order valence-corrected chi connectivity index (χ2v) is 8.54. The highest BCUT2D eigenvalue weighted by atomic mass is 19.4. The Bertz CT molecular complexity index is 916. The first-order valence-corrected chi connectivity index (χ1v) is 11.3. The van der Waals surface area contributed by atoms with E-state index in [9.17, 15) is 22.8 Å². The van der Waals surface area contributed by atoms with E-state index in [1.165, 1.54) is 23.4 Å². The van der Waals surface area contributed by atoms with Crippen molar-refractivity contribution >= 4 is 11.8 Å². The number of hydrogen-bond donors (Lipinski definition) is 2. The molecule has 7 heteroatoms. The number of rotatable bonds is 12. The number of alkyl halides is 3. The first kappa shape index (κ1) is 26.4. The predicted octanol–water partition coefficient (Wildman–Crippen LogP) is 6.55. The van der Waals surface area contributed by atoms with Crippen LogP contribution >= 0.6 is 0 Å². The van der Waals surface area contributed by atoms with E-state index in [1.54, 1.807) is 0 Å². The predicted molar refractivity (Wildman–Crippen MR) is 123 cm³/mol. The Morgan fingerprint density at radius 2 is 1.94 bits per heavy atom. The molecule has 2 N–H and O–H groups in total. The Balaban J connectivity index is 1.84. The zero-order valence-corrected chi connectivity index (χ0v) is 19.0. The normalized spacial score (nSPS) is 15.4. The Labute approximate surface area is 193 Å². The summed E-state index contributed by atoms with van der Waals surface area (Å²) in [5.41, 5.74) is 2.82. The highest BCUT2D eigenvalue weighted by molar-refractivity contribution is 5.80. The fourth-order valence-corrected chi connectivity index (χ4v) is 3.90. The summed E-state index contributed by atoms with van der Waals surface area (Å²) < 4.78 is 39.0. The summed E-state index contributed by atoms with van der Waals surface area (Å²) in [5.74, 6) is -2.07. The largest absolute Gasteiger partial charge is 0.481 e. The Kier molecular flexibility index (Phi) is 9.95. The summed E-state index contributed by atoms with van der Waals surface area (Å²) in [5, 5.41) is 12.5. The van der Waals surface area contributed by atoms with Gasteiger partial charge in [0.15, 0.2) is 0 Å². The van der Waals surface area contributed by atoms with Gasteiger partial charge in [0.2, 0.25) is 0 Å². The second-order valence-electron chi connectivity index (χ2n) is 8.54. The van der Waals surface area contributed by atoms with Crippen molar-refractivity contribution in [3.05, 3.63) is 71.0 Å². The molecule has 1 heterocycles. The Morgan fingerprint density at radius 1 is 1.21 bits per heavy atom. The molecular weight excluding hydrogens is 431 g/mol. The number of nitrogens with one attached hydrogen (secondary N) is 1. The quantitative estimate of drug-likeness (QED) is 0.272. The monoisotopic (exact) mass is 463 g/mol. The van der Waals surface area contributed by atoms with Gasteiger partial charge in [-0.1, -0.05) is 42.5 Å². The van der Waals surface area contributed by atoms with Gasteiger partial charge in [0.25, 0.3) is 0 Å². The molecule has 1 aliphatic heterocycles. The van der Waals surface area contributed by atoms with Gasteiger partial charge < -0.3 is 10.4 Å². The van der Waals surface area contributed by atoms with Crippen LogP contribution in [0.4, 0.5) is 13.2 Å². The summed E-state index contributed by atoms with van der Waals surface area (Å²) in [6.45, 7) is 7.12. The van der Waals surface area contributed by atoms with Crippen LogP contribution in [-0.4, -0.2) is 23.4 Å². The number of ketones is 1. The maximum atomic E-state index is 13.0. The molecule has 2 rings (SSSR count). The van der Waals surface area contributed by atoms with Gasteiger partial charge in [-0.3, -0.25) is 9.59 Å². The summed E-state index contributed by atoms with van der Waals surface area (Å²) in [6.07, 6.45) is 3.63. The van der Waals surface area contributed by atoms with E-state index in [0.717, 1.165) is 49.9 Å². The zero-order valence-electron chi connectivity index (χ0n) is 19.0. The van der Waals surface area contributed by atoms with Crippen LogP contribution in [0, 0.1) is 0 Å². The van der Waals surface area contributed by atoms with Crippen molar-refractivity contribution in [3.8, 4) is 0 Å². The van der Waals surface area contributed by atoms with E-state index >= 15 is 0 Å². The topological polar surface area (TPSA) is 66.4 Å². The number of allylic oxidation sites excluding steroid dienone is 5. The van der Waals surface area contributed by atoms with E-state index in [-0.39, 0.29) is 24.2 Å². The van der Waals surface area contributed by atoms with Crippen molar-refractivity contribution in [3.63, 3.8) is 0 Å². The molecule has 1 aromatic rings. The average molecular weight is 464 g/mol.